The first-order valence-corrected chi connectivity index (χ1v) is 7.62. The Morgan fingerprint density at radius 1 is 1.15 bits per heavy atom. The lowest BCUT2D eigenvalue weighted by atomic mass is 10.2. The quantitative estimate of drug-likeness (QED) is 0.436. The number of carbonyl (C=O) groups is 1. The highest BCUT2D eigenvalue weighted by atomic mass is 16.6. The van der Waals surface area contributed by atoms with Gasteiger partial charge in [0.1, 0.15) is 0 Å². The van der Waals surface area contributed by atoms with Crippen molar-refractivity contribution < 1.29 is 9.72 Å². The minimum Gasteiger partial charge on any atom is -0.295 e. The number of amides is 1. The Kier molecular flexibility index (Phi) is 4.36. The number of aromatic nitrogens is 2. The van der Waals surface area contributed by atoms with Crippen molar-refractivity contribution >= 4 is 28.8 Å². The molecular formula is C17H15N5O4. The van der Waals surface area contributed by atoms with Crippen molar-refractivity contribution in [2.75, 3.05) is 0 Å². The van der Waals surface area contributed by atoms with E-state index in [1.165, 1.54) is 35.0 Å². The Morgan fingerprint density at radius 2 is 1.88 bits per heavy atom. The molecule has 3 aromatic rings. The maximum Gasteiger partial charge on any atom is 0.328 e. The number of benzene rings is 2. The molecule has 1 amide bonds. The molecule has 132 valence electrons. The van der Waals surface area contributed by atoms with Crippen molar-refractivity contribution in [1.29, 1.82) is 0 Å². The monoisotopic (exact) mass is 353 g/mol. The second-order valence-electron chi connectivity index (χ2n) is 5.66. The third kappa shape index (κ3) is 3.09. The Morgan fingerprint density at radius 3 is 2.62 bits per heavy atom. The second kappa shape index (κ2) is 6.63. The van der Waals surface area contributed by atoms with Gasteiger partial charge >= 0.3 is 5.69 Å². The summed E-state index contributed by atoms with van der Waals surface area (Å²) < 4.78 is 3.06. The van der Waals surface area contributed by atoms with Gasteiger partial charge in [-0.2, -0.15) is 5.10 Å². The number of nitro groups is 1. The topological polar surface area (TPSA) is 112 Å². The van der Waals surface area contributed by atoms with E-state index in [0.717, 1.165) is 11.0 Å². The fourth-order valence-electron chi connectivity index (χ4n) is 2.59. The van der Waals surface area contributed by atoms with Gasteiger partial charge in [0.15, 0.2) is 0 Å². The number of carbonyl (C=O) groups excluding carboxylic acids is 1. The fourth-order valence-corrected chi connectivity index (χ4v) is 2.59. The van der Waals surface area contributed by atoms with E-state index in [1.54, 1.807) is 36.9 Å². The van der Waals surface area contributed by atoms with Gasteiger partial charge in [-0.3, -0.25) is 24.0 Å². The van der Waals surface area contributed by atoms with E-state index in [1.807, 2.05) is 0 Å². The molecule has 0 saturated carbocycles. The van der Waals surface area contributed by atoms with Crippen LogP contribution in [-0.2, 0) is 14.1 Å². The largest absolute Gasteiger partial charge is 0.328 e. The van der Waals surface area contributed by atoms with Crippen LogP contribution in [0.3, 0.4) is 0 Å². The van der Waals surface area contributed by atoms with Crippen LogP contribution in [0.25, 0.3) is 11.0 Å². The van der Waals surface area contributed by atoms with Gasteiger partial charge in [0.25, 0.3) is 11.6 Å². The molecular weight excluding hydrogens is 338 g/mol. The predicted octanol–water partition coefficient (Wildman–Crippen LogP) is 1.55. The van der Waals surface area contributed by atoms with Gasteiger partial charge in [-0.15, -0.1) is 0 Å². The predicted molar refractivity (Wildman–Crippen MR) is 96.3 cm³/mol. The molecule has 0 aliphatic carbocycles. The number of rotatable bonds is 4. The number of hydrogen-bond acceptors (Lipinski definition) is 5. The van der Waals surface area contributed by atoms with Crippen LogP contribution in [0.5, 0.6) is 0 Å². The zero-order chi connectivity index (χ0) is 18.8. The maximum absolute atomic E-state index is 12.0. The first kappa shape index (κ1) is 17.1. The molecule has 0 bridgehead atoms. The van der Waals surface area contributed by atoms with Crippen LogP contribution in [0, 0.1) is 10.1 Å². The highest BCUT2D eigenvalue weighted by Gasteiger charge is 2.11. The first-order valence-electron chi connectivity index (χ1n) is 7.62. The molecule has 0 radical (unpaired) electrons. The molecule has 0 fully saturated rings. The van der Waals surface area contributed by atoms with Crippen LogP contribution in [0.1, 0.15) is 15.9 Å². The molecule has 0 aliphatic rings. The van der Waals surface area contributed by atoms with Crippen LogP contribution in [-0.4, -0.2) is 26.2 Å². The van der Waals surface area contributed by atoms with E-state index in [4.69, 9.17) is 0 Å². The van der Waals surface area contributed by atoms with E-state index in [2.05, 4.69) is 10.5 Å². The number of non-ortho nitro benzene ring substituents is 1. The molecule has 1 aromatic heterocycles. The lowest BCUT2D eigenvalue weighted by molar-refractivity contribution is -0.384. The van der Waals surface area contributed by atoms with Crippen molar-refractivity contribution in [3.8, 4) is 0 Å². The zero-order valence-corrected chi connectivity index (χ0v) is 14.0. The molecule has 2 aromatic carbocycles. The molecule has 0 spiro atoms. The summed E-state index contributed by atoms with van der Waals surface area (Å²) in [6, 6.07) is 10.7. The number of fused-ring (bicyclic) bond motifs is 1. The summed E-state index contributed by atoms with van der Waals surface area (Å²) >= 11 is 0. The highest BCUT2D eigenvalue weighted by molar-refractivity contribution is 5.95. The Labute approximate surface area is 147 Å². The number of hydrogen-bond donors (Lipinski definition) is 1. The van der Waals surface area contributed by atoms with Crippen molar-refractivity contribution in [3.63, 3.8) is 0 Å². The number of imidazole rings is 1. The second-order valence-corrected chi connectivity index (χ2v) is 5.66. The van der Waals surface area contributed by atoms with Crippen molar-refractivity contribution in [3.05, 3.63) is 74.2 Å². The average molecular weight is 353 g/mol. The minimum absolute atomic E-state index is 0.131. The lowest BCUT2D eigenvalue weighted by Crippen LogP contribution is -2.19. The Hall–Kier alpha value is -3.75. The molecule has 3 rings (SSSR count). The van der Waals surface area contributed by atoms with Gasteiger partial charge in [0, 0.05) is 31.8 Å². The molecule has 1 heterocycles. The molecule has 1 N–H and O–H groups in total. The maximum atomic E-state index is 12.0. The van der Waals surface area contributed by atoms with Gasteiger partial charge in [0.2, 0.25) is 0 Å². The van der Waals surface area contributed by atoms with E-state index in [9.17, 15) is 19.7 Å². The van der Waals surface area contributed by atoms with Crippen LogP contribution in [0.15, 0.2) is 52.4 Å². The number of nitrogens with zero attached hydrogens (tertiary/aromatic N) is 4. The smallest absolute Gasteiger partial charge is 0.295 e. The molecule has 9 nitrogen and oxygen atoms in total. The van der Waals surface area contributed by atoms with Gasteiger partial charge < -0.3 is 0 Å². The summed E-state index contributed by atoms with van der Waals surface area (Å²) in [6.07, 6.45) is 1.44. The Balaban J connectivity index is 1.78. The van der Waals surface area contributed by atoms with Gasteiger partial charge in [-0.05, 0) is 23.8 Å². The van der Waals surface area contributed by atoms with Crippen molar-refractivity contribution in [1.82, 2.24) is 14.6 Å². The summed E-state index contributed by atoms with van der Waals surface area (Å²) in [6.45, 7) is 0. The summed E-state index contributed by atoms with van der Waals surface area (Å²) in [5.74, 6) is -0.557. The van der Waals surface area contributed by atoms with Crippen molar-refractivity contribution in [2.45, 2.75) is 0 Å². The third-order valence-corrected chi connectivity index (χ3v) is 3.99. The third-order valence-electron chi connectivity index (χ3n) is 3.99. The van der Waals surface area contributed by atoms with Crippen molar-refractivity contribution in [2.24, 2.45) is 19.2 Å². The van der Waals surface area contributed by atoms with Gasteiger partial charge in [-0.25, -0.2) is 10.2 Å². The van der Waals surface area contributed by atoms with E-state index >= 15 is 0 Å². The van der Waals surface area contributed by atoms with E-state index in [0.29, 0.717) is 5.56 Å². The molecule has 26 heavy (non-hydrogen) atoms. The highest BCUT2D eigenvalue weighted by Crippen LogP contribution is 2.14. The van der Waals surface area contributed by atoms with Crippen LogP contribution in [0.4, 0.5) is 5.69 Å². The van der Waals surface area contributed by atoms with E-state index < -0.39 is 10.8 Å². The molecule has 0 aliphatic heterocycles. The van der Waals surface area contributed by atoms with Crippen LogP contribution in [0.2, 0.25) is 0 Å². The number of aryl methyl sites for hydroxylation is 2. The summed E-state index contributed by atoms with van der Waals surface area (Å²) in [4.78, 5) is 34.1. The first-order chi connectivity index (χ1) is 12.4. The standard InChI is InChI=1S/C17H15N5O4/c1-20-14-7-6-11(8-15(14)21(2)17(20)24)10-18-19-16(23)12-4-3-5-13(9-12)22(25)26/h3-10H,1-2H3,(H,19,23)/b18-10-. The summed E-state index contributed by atoms with van der Waals surface area (Å²) in [5.41, 5.74) is 4.38. The number of hydrazone groups is 1. The number of nitro benzene ring substituents is 1. The molecule has 0 saturated heterocycles. The molecule has 0 atom stereocenters. The summed E-state index contributed by atoms with van der Waals surface area (Å²) in [7, 11) is 3.37. The Bertz CT molecular complexity index is 1110. The molecule has 9 heteroatoms. The van der Waals surface area contributed by atoms with Crippen LogP contribution < -0.4 is 11.1 Å². The fraction of sp³-hybridized carbons (Fsp3) is 0.118. The number of nitrogens with one attached hydrogen (secondary N) is 1. The lowest BCUT2D eigenvalue weighted by Gasteiger charge is -2.00. The van der Waals surface area contributed by atoms with Crippen LogP contribution >= 0.6 is 0 Å². The van der Waals surface area contributed by atoms with Gasteiger partial charge in [0.05, 0.1) is 22.2 Å². The minimum atomic E-state index is -0.570. The SMILES string of the molecule is Cn1c(=O)n(C)c2cc(/C=N\NC(=O)c3cccc([N+](=O)[O-])c3)ccc21. The van der Waals surface area contributed by atoms with E-state index in [-0.39, 0.29) is 16.9 Å². The average Bonchev–Trinajstić information content (AvgIpc) is 2.86. The normalized spacial score (nSPS) is 11.2. The zero-order valence-electron chi connectivity index (χ0n) is 14.0. The summed E-state index contributed by atoms with van der Waals surface area (Å²) in [5, 5.41) is 14.6. The van der Waals surface area contributed by atoms with Gasteiger partial charge in [-0.1, -0.05) is 12.1 Å². The molecule has 0 unspecified atom stereocenters.